The Balaban J connectivity index is 1.26. The number of para-hydroxylation sites is 1. The lowest BCUT2D eigenvalue weighted by atomic mass is 9.82. The van der Waals surface area contributed by atoms with Crippen molar-refractivity contribution in [2.24, 2.45) is 16.2 Å². The van der Waals surface area contributed by atoms with E-state index in [1.165, 1.54) is 21.8 Å². The summed E-state index contributed by atoms with van der Waals surface area (Å²) in [6.07, 6.45) is 23.9. The van der Waals surface area contributed by atoms with E-state index >= 15 is 0 Å². The highest BCUT2D eigenvalue weighted by atomic mass is 32.1. The van der Waals surface area contributed by atoms with E-state index in [0.29, 0.717) is 28.1 Å². The molecular formula is C45H43N3S. The molecular weight excluding hydrogens is 615 g/mol. The summed E-state index contributed by atoms with van der Waals surface area (Å²) in [5, 5.41) is 0. The highest BCUT2D eigenvalue weighted by Crippen LogP contribution is 3.24. The molecule has 2 aromatic carbocycles. The standard InChI is InChI=1S/C45H43N3S/c1-8-12-15-19-30(24-23-29(5)10-3)39-35-36(47-38-37(46-35)41-43(6)44(7)42(38)45(41,43)44)40(49-39)31-25-27-34(28-26-31)48(33-21-17-14-18-22-33)32(11-4)20-16-13-9-2/h8,10-28,41-42H,1,4,9H2,2-3,5-7H3/b15-12+,16-13-,24-23-,29-10+,30-19+,32-20+. The molecule has 4 aromatic rings. The van der Waals surface area contributed by atoms with E-state index in [-0.39, 0.29) is 0 Å². The number of rotatable bonds is 12. The molecule has 4 aliphatic carbocycles. The van der Waals surface area contributed by atoms with Crippen LogP contribution in [0.5, 0.6) is 0 Å². The van der Waals surface area contributed by atoms with Gasteiger partial charge < -0.3 is 4.90 Å². The van der Waals surface area contributed by atoms with Crippen molar-refractivity contribution < 1.29 is 0 Å². The van der Waals surface area contributed by atoms with Crippen LogP contribution in [0.25, 0.3) is 27.0 Å². The van der Waals surface area contributed by atoms with E-state index in [1.807, 2.05) is 18.2 Å². The molecule has 0 amide bonds. The van der Waals surface area contributed by atoms with Crippen molar-refractivity contribution in [1.29, 1.82) is 0 Å². The number of allylic oxidation sites excluding steroid dienone is 13. The monoisotopic (exact) mass is 657 g/mol. The summed E-state index contributed by atoms with van der Waals surface area (Å²) in [4.78, 5) is 15.6. The molecule has 4 aliphatic rings. The number of thiophene rings is 1. The van der Waals surface area contributed by atoms with Gasteiger partial charge in [0.05, 0.1) is 21.1 Å². The van der Waals surface area contributed by atoms with Gasteiger partial charge >= 0.3 is 0 Å². The van der Waals surface area contributed by atoms with Crippen molar-refractivity contribution in [3.8, 4) is 10.4 Å². The van der Waals surface area contributed by atoms with Gasteiger partial charge in [-0.15, -0.1) is 11.3 Å². The van der Waals surface area contributed by atoms with E-state index in [9.17, 15) is 0 Å². The van der Waals surface area contributed by atoms with Crippen molar-refractivity contribution in [2.45, 2.75) is 52.9 Å². The topological polar surface area (TPSA) is 29.0 Å². The maximum absolute atomic E-state index is 5.53. The molecule has 0 saturated heterocycles. The van der Waals surface area contributed by atoms with Crippen LogP contribution in [-0.4, -0.2) is 9.97 Å². The molecule has 5 atom stereocenters. The number of aromatic nitrogens is 2. The fraction of sp³-hybridized carbons (Fsp3) is 0.244. The van der Waals surface area contributed by atoms with Crippen LogP contribution >= 0.6 is 11.3 Å². The first-order valence-corrected chi connectivity index (χ1v) is 18.2. The zero-order valence-electron chi connectivity index (χ0n) is 29.1. The Hall–Kier alpha value is -4.80. The molecule has 244 valence electrons. The fourth-order valence-corrected chi connectivity index (χ4v) is 10.6. The highest BCUT2D eigenvalue weighted by Gasteiger charge is 3.20. The average Bonchev–Trinajstić information content (AvgIpc) is 3.87. The number of hydrogen-bond acceptors (Lipinski definition) is 4. The Kier molecular flexibility index (Phi) is 7.31. The van der Waals surface area contributed by atoms with Crippen molar-refractivity contribution >= 4 is 39.3 Å². The van der Waals surface area contributed by atoms with Gasteiger partial charge in [-0.25, -0.2) is 9.97 Å². The summed E-state index contributed by atoms with van der Waals surface area (Å²) in [5.41, 5.74) is 12.6. The summed E-state index contributed by atoms with van der Waals surface area (Å²) in [5.74, 6) is 1.16. The summed E-state index contributed by atoms with van der Waals surface area (Å²) >= 11 is 1.80. The Morgan fingerprint density at radius 2 is 1.53 bits per heavy atom. The van der Waals surface area contributed by atoms with Crippen LogP contribution in [0.1, 0.15) is 69.1 Å². The zero-order valence-corrected chi connectivity index (χ0v) is 29.9. The lowest BCUT2D eigenvalue weighted by Gasteiger charge is -2.26. The van der Waals surface area contributed by atoms with E-state index < -0.39 is 0 Å². The van der Waals surface area contributed by atoms with Gasteiger partial charge in [0.2, 0.25) is 0 Å². The quantitative estimate of drug-likeness (QED) is 0.142. The zero-order chi connectivity index (χ0) is 34.1. The summed E-state index contributed by atoms with van der Waals surface area (Å²) in [7, 11) is 0. The summed E-state index contributed by atoms with van der Waals surface area (Å²) < 4.78 is 0. The third-order valence-corrected chi connectivity index (χ3v) is 13.3. The van der Waals surface area contributed by atoms with Crippen LogP contribution in [-0.2, 0) is 0 Å². The van der Waals surface area contributed by atoms with Gasteiger partial charge in [-0.3, -0.25) is 0 Å². The van der Waals surface area contributed by atoms with Crippen LogP contribution in [0, 0.1) is 16.2 Å². The summed E-state index contributed by atoms with van der Waals surface area (Å²) in [6, 6.07) is 19.4. The van der Waals surface area contributed by atoms with Gasteiger partial charge in [0.25, 0.3) is 0 Å². The molecule has 0 aliphatic heterocycles. The molecule has 0 radical (unpaired) electrons. The minimum atomic E-state index is 0.442. The Bertz CT molecular complexity index is 2210. The third-order valence-electron chi connectivity index (χ3n) is 12.0. The van der Waals surface area contributed by atoms with E-state index in [0.717, 1.165) is 50.5 Å². The number of anilines is 2. The molecule has 2 heterocycles. The predicted octanol–water partition coefficient (Wildman–Crippen LogP) is 12.4. The Morgan fingerprint density at radius 3 is 2.16 bits per heavy atom. The molecule has 0 bridgehead atoms. The van der Waals surface area contributed by atoms with Gasteiger partial charge in [0.1, 0.15) is 11.0 Å². The molecule has 4 heteroatoms. The van der Waals surface area contributed by atoms with Crippen LogP contribution in [0.2, 0.25) is 0 Å². The van der Waals surface area contributed by atoms with Gasteiger partial charge in [-0.1, -0.05) is 125 Å². The Morgan fingerprint density at radius 1 is 0.857 bits per heavy atom. The van der Waals surface area contributed by atoms with Crippen molar-refractivity contribution in [3.63, 3.8) is 0 Å². The predicted molar refractivity (Wildman–Crippen MR) is 209 cm³/mol. The van der Waals surface area contributed by atoms with Crippen LogP contribution < -0.4 is 4.90 Å². The molecule has 3 fully saturated rings. The van der Waals surface area contributed by atoms with Gasteiger partial charge in [-0.2, -0.15) is 0 Å². The lowest BCUT2D eigenvalue weighted by molar-refractivity contribution is 0.372. The third kappa shape index (κ3) is 4.13. The van der Waals surface area contributed by atoms with E-state index in [2.05, 4.69) is 156 Å². The molecule has 8 rings (SSSR count). The molecule has 0 N–H and O–H groups in total. The molecule has 1 spiro atoms. The van der Waals surface area contributed by atoms with E-state index in [1.54, 1.807) is 11.3 Å². The highest BCUT2D eigenvalue weighted by molar-refractivity contribution is 7.18. The van der Waals surface area contributed by atoms with Crippen LogP contribution in [0.15, 0.2) is 146 Å². The average molecular weight is 658 g/mol. The first kappa shape index (κ1) is 31.5. The lowest BCUT2D eigenvalue weighted by Crippen LogP contribution is -2.19. The number of benzene rings is 2. The normalized spacial score (nSPS) is 27.9. The first-order chi connectivity index (χ1) is 23.8. The Labute approximate surface area is 294 Å². The van der Waals surface area contributed by atoms with Gasteiger partial charge in [0, 0.05) is 34.3 Å². The van der Waals surface area contributed by atoms with E-state index in [4.69, 9.17) is 9.97 Å². The number of nitrogens with zero attached hydrogens (tertiary/aromatic N) is 3. The SMILES string of the molecule is C=C/C=C/C=C(\C=C/C(C)=C/C)c1sc(-c2ccc(N(/C(C=C)=C/C=C\CC)c3ccccc3)cc2)c2nc3c(nc12)C1C2(C)C4(C)C3C124. The second-order valence-corrected chi connectivity index (χ2v) is 15.1. The van der Waals surface area contributed by atoms with Gasteiger partial charge in [-0.05, 0) is 78.7 Å². The largest absolute Gasteiger partial charge is 0.311 e. The maximum Gasteiger partial charge on any atom is 0.108 e. The van der Waals surface area contributed by atoms with Gasteiger partial charge in [0.15, 0.2) is 0 Å². The minimum absolute atomic E-state index is 0.442. The van der Waals surface area contributed by atoms with Crippen molar-refractivity contribution in [1.82, 2.24) is 9.97 Å². The molecule has 2 aromatic heterocycles. The van der Waals surface area contributed by atoms with Crippen LogP contribution in [0.4, 0.5) is 11.4 Å². The second-order valence-electron chi connectivity index (χ2n) is 14.0. The molecule has 5 unspecified atom stereocenters. The molecule has 3 nitrogen and oxygen atoms in total. The molecule has 3 saturated carbocycles. The number of hydrogen-bond donors (Lipinski definition) is 0. The van der Waals surface area contributed by atoms with Crippen molar-refractivity contribution in [3.05, 3.63) is 162 Å². The molecule has 49 heavy (non-hydrogen) atoms. The number of fused-ring (bicyclic) bond motifs is 7. The fourth-order valence-electron chi connectivity index (χ4n) is 9.40. The smallest absolute Gasteiger partial charge is 0.108 e. The first-order valence-electron chi connectivity index (χ1n) is 17.4. The van der Waals surface area contributed by atoms with Crippen molar-refractivity contribution in [2.75, 3.05) is 4.90 Å². The summed E-state index contributed by atoms with van der Waals surface area (Å²) in [6.45, 7) is 19.4. The van der Waals surface area contributed by atoms with Crippen LogP contribution in [0.3, 0.4) is 0 Å². The second kappa shape index (κ2) is 11.4. The minimum Gasteiger partial charge on any atom is -0.311 e. The maximum atomic E-state index is 5.53.